The Morgan fingerprint density at radius 2 is 1.67 bits per heavy atom. The van der Waals surface area contributed by atoms with Crippen molar-refractivity contribution in [3.8, 4) is 11.1 Å². The maximum atomic E-state index is 12.4. The number of rotatable bonds is 6. The second-order valence-electron chi connectivity index (χ2n) is 6.03. The molecule has 1 aromatic heterocycles. The van der Waals surface area contributed by atoms with E-state index in [1.54, 1.807) is 23.1 Å². The van der Waals surface area contributed by atoms with Crippen molar-refractivity contribution in [2.24, 2.45) is 0 Å². The summed E-state index contributed by atoms with van der Waals surface area (Å²) in [6, 6.07) is 26.1. The third-order valence-corrected chi connectivity index (χ3v) is 6.25. The second-order valence-corrected chi connectivity index (χ2v) is 8.13. The molecule has 3 aromatic carbocycles. The second kappa shape index (κ2) is 8.37. The number of nitrogens with one attached hydrogen (secondary N) is 1. The Bertz CT molecular complexity index is 1030. The molecule has 0 spiro atoms. The van der Waals surface area contributed by atoms with Gasteiger partial charge in [-0.25, -0.2) is 4.98 Å². The molecule has 4 rings (SSSR count). The van der Waals surface area contributed by atoms with Gasteiger partial charge in [0, 0.05) is 17.0 Å². The fourth-order valence-electron chi connectivity index (χ4n) is 2.86. The van der Waals surface area contributed by atoms with Gasteiger partial charge in [-0.3, -0.25) is 4.79 Å². The number of benzene rings is 3. The van der Waals surface area contributed by atoms with Crippen LogP contribution in [0, 0.1) is 0 Å². The van der Waals surface area contributed by atoms with Crippen molar-refractivity contribution in [1.82, 2.24) is 4.98 Å². The first-order valence-corrected chi connectivity index (χ1v) is 10.6. The van der Waals surface area contributed by atoms with Crippen LogP contribution in [0.2, 0.25) is 0 Å². The summed E-state index contributed by atoms with van der Waals surface area (Å²) in [6.45, 7) is 0. The fourth-order valence-corrected chi connectivity index (χ4v) is 4.71. The number of thiazole rings is 1. The number of amides is 1. The van der Waals surface area contributed by atoms with Crippen molar-refractivity contribution in [3.63, 3.8) is 0 Å². The van der Waals surface area contributed by atoms with Gasteiger partial charge in [-0.15, -0.1) is 23.1 Å². The maximum absolute atomic E-state index is 12.4. The highest BCUT2D eigenvalue weighted by molar-refractivity contribution is 7.99. The van der Waals surface area contributed by atoms with E-state index in [0.29, 0.717) is 5.75 Å². The van der Waals surface area contributed by atoms with Crippen molar-refractivity contribution in [2.75, 3.05) is 11.1 Å². The number of fused-ring (bicyclic) bond motifs is 1. The van der Waals surface area contributed by atoms with Crippen LogP contribution in [0.25, 0.3) is 21.3 Å². The van der Waals surface area contributed by atoms with Crippen LogP contribution in [0.4, 0.5) is 5.69 Å². The molecule has 0 aliphatic carbocycles. The first kappa shape index (κ1) is 17.8. The Morgan fingerprint density at radius 1 is 0.926 bits per heavy atom. The number of thioether (sulfide) groups is 1. The Kier molecular flexibility index (Phi) is 5.51. The smallest absolute Gasteiger partial charge is 0.234 e. The van der Waals surface area contributed by atoms with Crippen LogP contribution in [0.3, 0.4) is 0 Å². The van der Waals surface area contributed by atoms with Gasteiger partial charge in [0.1, 0.15) is 5.01 Å². The van der Waals surface area contributed by atoms with E-state index in [-0.39, 0.29) is 5.91 Å². The van der Waals surface area contributed by atoms with Crippen molar-refractivity contribution in [1.29, 1.82) is 0 Å². The molecular formula is C22H18N2OS2. The van der Waals surface area contributed by atoms with Crippen LogP contribution < -0.4 is 5.32 Å². The summed E-state index contributed by atoms with van der Waals surface area (Å²) in [6.07, 6.45) is 0. The Hall–Kier alpha value is -2.63. The van der Waals surface area contributed by atoms with E-state index in [0.717, 1.165) is 33.1 Å². The molecule has 0 saturated heterocycles. The summed E-state index contributed by atoms with van der Waals surface area (Å²) in [5, 5.41) is 4.10. The summed E-state index contributed by atoms with van der Waals surface area (Å²) in [5.41, 5.74) is 3.99. The molecule has 0 aliphatic rings. The topological polar surface area (TPSA) is 42.0 Å². The molecule has 0 fully saturated rings. The molecule has 1 amide bonds. The highest BCUT2D eigenvalue weighted by Crippen LogP contribution is 2.28. The van der Waals surface area contributed by atoms with Crippen LogP contribution >= 0.6 is 23.1 Å². The van der Waals surface area contributed by atoms with Crippen LogP contribution in [-0.4, -0.2) is 16.6 Å². The number of carbonyl (C=O) groups is 1. The third-order valence-electron chi connectivity index (χ3n) is 4.08. The molecule has 5 heteroatoms. The quantitative estimate of drug-likeness (QED) is 0.450. The average molecular weight is 391 g/mol. The Labute approximate surface area is 166 Å². The van der Waals surface area contributed by atoms with E-state index in [9.17, 15) is 4.79 Å². The molecule has 0 radical (unpaired) electrons. The SMILES string of the molecule is O=C(CSCc1nc2ccccc2s1)Nc1ccccc1-c1ccccc1. The third kappa shape index (κ3) is 4.38. The molecular weight excluding hydrogens is 372 g/mol. The summed E-state index contributed by atoms with van der Waals surface area (Å²) < 4.78 is 1.19. The van der Waals surface area contributed by atoms with E-state index in [1.807, 2.05) is 72.8 Å². The van der Waals surface area contributed by atoms with Gasteiger partial charge < -0.3 is 5.32 Å². The number of aromatic nitrogens is 1. The molecule has 1 heterocycles. The number of hydrogen-bond donors (Lipinski definition) is 1. The highest BCUT2D eigenvalue weighted by Gasteiger charge is 2.09. The largest absolute Gasteiger partial charge is 0.325 e. The van der Waals surface area contributed by atoms with Crippen molar-refractivity contribution < 1.29 is 4.79 Å². The summed E-state index contributed by atoms with van der Waals surface area (Å²) in [7, 11) is 0. The predicted molar refractivity (Wildman–Crippen MR) is 116 cm³/mol. The molecule has 0 atom stereocenters. The number of anilines is 1. The lowest BCUT2D eigenvalue weighted by Gasteiger charge is -2.11. The first-order chi connectivity index (χ1) is 13.3. The predicted octanol–water partition coefficient (Wildman–Crippen LogP) is 5.84. The molecule has 0 saturated carbocycles. The first-order valence-electron chi connectivity index (χ1n) is 8.66. The molecule has 134 valence electrons. The molecule has 3 nitrogen and oxygen atoms in total. The van der Waals surface area contributed by atoms with Crippen LogP contribution in [-0.2, 0) is 10.5 Å². The Balaban J connectivity index is 1.37. The van der Waals surface area contributed by atoms with Gasteiger partial charge in [0.05, 0.1) is 16.0 Å². The lowest BCUT2D eigenvalue weighted by Crippen LogP contribution is -2.14. The van der Waals surface area contributed by atoms with Crippen LogP contribution in [0.1, 0.15) is 5.01 Å². The standard InChI is InChI=1S/C22H18N2OS2/c25-21(14-26-15-22-24-19-12-6-7-13-20(19)27-22)23-18-11-5-4-10-17(18)16-8-2-1-3-9-16/h1-13H,14-15H2,(H,23,25). The molecule has 1 N–H and O–H groups in total. The maximum Gasteiger partial charge on any atom is 0.234 e. The van der Waals surface area contributed by atoms with E-state index >= 15 is 0 Å². The molecule has 0 unspecified atom stereocenters. The van der Waals surface area contributed by atoms with E-state index in [1.165, 1.54) is 4.70 Å². The van der Waals surface area contributed by atoms with E-state index < -0.39 is 0 Å². The van der Waals surface area contributed by atoms with E-state index in [4.69, 9.17) is 0 Å². The van der Waals surface area contributed by atoms with Gasteiger partial charge in [-0.05, 0) is 23.8 Å². The zero-order valence-corrected chi connectivity index (χ0v) is 16.2. The van der Waals surface area contributed by atoms with Gasteiger partial charge in [-0.2, -0.15) is 0 Å². The number of para-hydroxylation sites is 2. The Morgan fingerprint density at radius 3 is 2.52 bits per heavy atom. The van der Waals surface area contributed by atoms with Crippen molar-refractivity contribution in [3.05, 3.63) is 83.9 Å². The summed E-state index contributed by atoms with van der Waals surface area (Å²) in [5.74, 6) is 1.15. The number of hydrogen-bond acceptors (Lipinski definition) is 4. The van der Waals surface area contributed by atoms with Crippen LogP contribution in [0.5, 0.6) is 0 Å². The van der Waals surface area contributed by atoms with E-state index in [2.05, 4.69) is 16.4 Å². The lowest BCUT2D eigenvalue weighted by molar-refractivity contribution is -0.113. The molecule has 27 heavy (non-hydrogen) atoms. The minimum absolute atomic E-state index is 0.00416. The number of carbonyl (C=O) groups excluding carboxylic acids is 1. The minimum atomic E-state index is 0.00416. The molecule has 0 bridgehead atoms. The monoisotopic (exact) mass is 390 g/mol. The number of nitrogens with zero attached hydrogens (tertiary/aromatic N) is 1. The summed E-state index contributed by atoms with van der Waals surface area (Å²) >= 11 is 3.28. The lowest BCUT2D eigenvalue weighted by atomic mass is 10.0. The average Bonchev–Trinajstić information content (AvgIpc) is 3.12. The van der Waals surface area contributed by atoms with Crippen molar-refractivity contribution >= 4 is 44.9 Å². The minimum Gasteiger partial charge on any atom is -0.325 e. The van der Waals surface area contributed by atoms with Crippen LogP contribution in [0.15, 0.2) is 78.9 Å². The van der Waals surface area contributed by atoms with Gasteiger partial charge in [-0.1, -0.05) is 60.7 Å². The molecule has 0 aliphatic heterocycles. The fraction of sp³-hybridized carbons (Fsp3) is 0.0909. The van der Waals surface area contributed by atoms with Gasteiger partial charge in [0.2, 0.25) is 5.91 Å². The van der Waals surface area contributed by atoms with Gasteiger partial charge >= 0.3 is 0 Å². The molecule has 4 aromatic rings. The zero-order chi connectivity index (χ0) is 18.5. The zero-order valence-electron chi connectivity index (χ0n) is 14.6. The van der Waals surface area contributed by atoms with Gasteiger partial charge in [0.25, 0.3) is 0 Å². The van der Waals surface area contributed by atoms with Crippen molar-refractivity contribution in [2.45, 2.75) is 5.75 Å². The highest BCUT2D eigenvalue weighted by atomic mass is 32.2. The normalized spacial score (nSPS) is 10.8. The summed E-state index contributed by atoms with van der Waals surface area (Å²) in [4.78, 5) is 17.0. The van der Waals surface area contributed by atoms with Gasteiger partial charge in [0.15, 0.2) is 0 Å².